The second kappa shape index (κ2) is 7.71. The van der Waals surface area contributed by atoms with E-state index in [0.717, 1.165) is 6.42 Å². The third kappa shape index (κ3) is 4.02. The molecule has 0 saturated carbocycles. The van der Waals surface area contributed by atoms with Gasteiger partial charge in [-0.05, 0) is 45.4 Å². The highest BCUT2D eigenvalue weighted by atomic mass is 15.2. The quantitative estimate of drug-likeness (QED) is 0.379. The molecule has 2 heteroatoms. The minimum atomic E-state index is -0.0242. The molecule has 29 heavy (non-hydrogen) atoms. The maximum atomic E-state index is 2.43. The maximum absolute atomic E-state index is 2.43. The number of hydrogen-bond donors (Lipinski definition) is 0. The van der Waals surface area contributed by atoms with Gasteiger partial charge in [0.1, 0.15) is 11.2 Å². The van der Waals surface area contributed by atoms with Crippen LogP contribution < -0.4 is 4.57 Å². The van der Waals surface area contributed by atoms with Gasteiger partial charge in [0.2, 0.25) is 6.33 Å². The summed E-state index contributed by atoms with van der Waals surface area (Å²) < 4.78 is 4.78. The standard InChI is InChI=1S/C27H29N2/c1-21-15-17-24(18-16-21)28-20-29(27(2,3)4)25(19-22-11-7-5-8-12-22)26(28)23-13-9-6-10-14-23/h5-18,20H,19H2,1-4H3/q+1. The number of benzene rings is 3. The Morgan fingerprint density at radius 2 is 1.34 bits per heavy atom. The number of nitrogens with zero attached hydrogens (tertiary/aromatic N) is 2. The average Bonchev–Trinajstić information content (AvgIpc) is 3.09. The molecule has 4 rings (SSSR count). The molecular weight excluding hydrogens is 352 g/mol. The van der Waals surface area contributed by atoms with Crippen molar-refractivity contribution in [3.05, 3.63) is 108 Å². The molecule has 1 aromatic heterocycles. The topological polar surface area (TPSA) is 8.81 Å². The molecule has 0 amide bonds. The zero-order valence-electron chi connectivity index (χ0n) is 17.8. The number of rotatable bonds is 4. The largest absolute Gasteiger partial charge is 0.250 e. The number of aromatic nitrogens is 2. The lowest BCUT2D eigenvalue weighted by atomic mass is 10.0. The number of imidazole rings is 1. The van der Waals surface area contributed by atoms with Gasteiger partial charge >= 0.3 is 0 Å². The van der Waals surface area contributed by atoms with Crippen LogP contribution in [0.1, 0.15) is 37.6 Å². The monoisotopic (exact) mass is 381 g/mol. The summed E-state index contributed by atoms with van der Waals surface area (Å²) in [6.45, 7) is 8.95. The SMILES string of the molecule is Cc1ccc(-n2c[n+](C(C)(C)C)c(Cc3ccccc3)c2-c2ccccc2)cc1. The van der Waals surface area contributed by atoms with Gasteiger partial charge in [-0.25, -0.2) is 4.57 Å². The highest BCUT2D eigenvalue weighted by Gasteiger charge is 2.32. The lowest BCUT2D eigenvalue weighted by molar-refractivity contribution is -0.758. The van der Waals surface area contributed by atoms with Crippen molar-refractivity contribution in [1.82, 2.24) is 4.57 Å². The van der Waals surface area contributed by atoms with E-state index in [0.29, 0.717) is 0 Å². The predicted molar refractivity (Wildman–Crippen MR) is 120 cm³/mol. The molecule has 0 aliphatic carbocycles. The van der Waals surface area contributed by atoms with Crippen molar-refractivity contribution in [1.29, 1.82) is 0 Å². The zero-order chi connectivity index (χ0) is 20.4. The van der Waals surface area contributed by atoms with E-state index in [9.17, 15) is 0 Å². The third-order valence-corrected chi connectivity index (χ3v) is 5.33. The summed E-state index contributed by atoms with van der Waals surface area (Å²) in [7, 11) is 0. The molecule has 0 spiro atoms. The van der Waals surface area contributed by atoms with E-state index < -0.39 is 0 Å². The molecular formula is C27H29N2+. The Labute approximate surface area is 174 Å². The van der Waals surface area contributed by atoms with E-state index in [1.54, 1.807) is 0 Å². The minimum absolute atomic E-state index is 0.0242. The van der Waals surface area contributed by atoms with E-state index in [-0.39, 0.29) is 5.54 Å². The van der Waals surface area contributed by atoms with Crippen LogP contribution in [-0.2, 0) is 12.0 Å². The first-order chi connectivity index (χ1) is 13.9. The van der Waals surface area contributed by atoms with E-state index in [1.165, 1.54) is 33.8 Å². The van der Waals surface area contributed by atoms with Gasteiger partial charge < -0.3 is 0 Å². The van der Waals surface area contributed by atoms with Crippen molar-refractivity contribution >= 4 is 0 Å². The second-order valence-corrected chi connectivity index (χ2v) is 8.69. The summed E-state index contributed by atoms with van der Waals surface area (Å²) in [5.41, 5.74) is 7.58. The molecule has 0 unspecified atom stereocenters. The fourth-order valence-corrected chi connectivity index (χ4v) is 3.84. The van der Waals surface area contributed by atoms with Crippen LogP contribution in [0.5, 0.6) is 0 Å². The van der Waals surface area contributed by atoms with Crippen LogP contribution in [0, 0.1) is 6.92 Å². The van der Waals surface area contributed by atoms with Crippen molar-refractivity contribution in [3.63, 3.8) is 0 Å². The molecule has 0 aliphatic rings. The van der Waals surface area contributed by atoms with Gasteiger partial charge in [-0.2, -0.15) is 4.57 Å². The number of aryl methyl sites for hydroxylation is 1. The Balaban J connectivity index is 1.99. The second-order valence-electron chi connectivity index (χ2n) is 8.69. The van der Waals surface area contributed by atoms with Crippen molar-refractivity contribution in [2.45, 2.75) is 39.7 Å². The van der Waals surface area contributed by atoms with Gasteiger partial charge in [0.25, 0.3) is 0 Å². The molecule has 0 saturated heterocycles. The Morgan fingerprint density at radius 3 is 1.93 bits per heavy atom. The van der Waals surface area contributed by atoms with E-state index in [2.05, 4.69) is 128 Å². The fourth-order valence-electron chi connectivity index (χ4n) is 3.84. The van der Waals surface area contributed by atoms with Gasteiger partial charge in [0.05, 0.1) is 0 Å². The Bertz CT molecular complexity index is 1080. The smallest absolute Gasteiger partial charge is 0.228 e. The lowest BCUT2D eigenvalue weighted by Crippen LogP contribution is -2.51. The highest BCUT2D eigenvalue weighted by Crippen LogP contribution is 2.29. The highest BCUT2D eigenvalue weighted by molar-refractivity contribution is 5.64. The summed E-state index contributed by atoms with van der Waals surface area (Å²) in [5, 5.41) is 0. The third-order valence-electron chi connectivity index (χ3n) is 5.33. The van der Waals surface area contributed by atoms with Crippen molar-refractivity contribution in [3.8, 4) is 16.9 Å². The Kier molecular flexibility index (Phi) is 5.10. The fraction of sp³-hybridized carbons (Fsp3) is 0.222. The summed E-state index contributed by atoms with van der Waals surface area (Å²) in [6.07, 6.45) is 3.16. The van der Waals surface area contributed by atoms with E-state index >= 15 is 0 Å². The normalized spacial score (nSPS) is 11.6. The first-order valence-electron chi connectivity index (χ1n) is 10.3. The van der Waals surface area contributed by atoms with Gasteiger partial charge in [0.15, 0.2) is 11.4 Å². The summed E-state index contributed by atoms with van der Waals surface area (Å²) >= 11 is 0. The van der Waals surface area contributed by atoms with Gasteiger partial charge in [-0.1, -0.05) is 78.4 Å². The molecule has 0 radical (unpaired) electrons. The first-order valence-corrected chi connectivity index (χ1v) is 10.3. The van der Waals surface area contributed by atoms with Crippen LogP contribution in [0.3, 0.4) is 0 Å². The molecule has 0 N–H and O–H groups in total. The predicted octanol–water partition coefficient (Wildman–Crippen LogP) is 6.09. The van der Waals surface area contributed by atoms with Crippen LogP contribution in [0.4, 0.5) is 0 Å². The van der Waals surface area contributed by atoms with Crippen LogP contribution in [0.15, 0.2) is 91.3 Å². The number of hydrogen-bond acceptors (Lipinski definition) is 0. The molecule has 1 heterocycles. The molecule has 146 valence electrons. The molecule has 0 fully saturated rings. The van der Waals surface area contributed by atoms with Gasteiger partial charge in [-0.15, -0.1) is 0 Å². The Morgan fingerprint density at radius 1 is 0.759 bits per heavy atom. The van der Waals surface area contributed by atoms with Crippen LogP contribution in [0.25, 0.3) is 16.9 Å². The maximum Gasteiger partial charge on any atom is 0.250 e. The lowest BCUT2D eigenvalue weighted by Gasteiger charge is -2.17. The van der Waals surface area contributed by atoms with Crippen LogP contribution in [-0.4, -0.2) is 4.57 Å². The molecule has 3 aromatic carbocycles. The molecule has 0 atom stereocenters. The van der Waals surface area contributed by atoms with Crippen molar-refractivity contribution < 1.29 is 4.57 Å². The summed E-state index contributed by atoms with van der Waals surface area (Å²) in [6, 6.07) is 30.3. The minimum Gasteiger partial charge on any atom is -0.228 e. The molecule has 0 bridgehead atoms. The van der Waals surface area contributed by atoms with E-state index in [1.807, 2.05) is 0 Å². The summed E-state index contributed by atoms with van der Waals surface area (Å²) in [4.78, 5) is 0. The van der Waals surface area contributed by atoms with Gasteiger partial charge in [0, 0.05) is 12.0 Å². The van der Waals surface area contributed by atoms with Gasteiger partial charge in [-0.3, -0.25) is 0 Å². The van der Waals surface area contributed by atoms with Crippen molar-refractivity contribution in [2.75, 3.05) is 0 Å². The molecule has 0 aliphatic heterocycles. The zero-order valence-corrected chi connectivity index (χ0v) is 17.8. The summed E-state index contributed by atoms with van der Waals surface area (Å²) in [5.74, 6) is 0. The Hall–Kier alpha value is -3.13. The van der Waals surface area contributed by atoms with Crippen LogP contribution in [0.2, 0.25) is 0 Å². The molecule has 2 nitrogen and oxygen atoms in total. The first kappa shape index (κ1) is 19.2. The van der Waals surface area contributed by atoms with Crippen LogP contribution >= 0.6 is 0 Å². The average molecular weight is 382 g/mol. The van der Waals surface area contributed by atoms with E-state index in [4.69, 9.17) is 0 Å². The van der Waals surface area contributed by atoms with Crippen molar-refractivity contribution in [2.24, 2.45) is 0 Å². The molecule has 4 aromatic rings.